The minimum atomic E-state index is -0.0450. The second-order valence-electron chi connectivity index (χ2n) is 7.46. The number of anilines is 2. The first kappa shape index (κ1) is 20.4. The number of piperidine rings is 1. The first-order valence-corrected chi connectivity index (χ1v) is 11.1. The van der Waals surface area contributed by atoms with E-state index in [-0.39, 0.29) is 11.8 Å². The van der Waals surface area contributed by atoms with Gasteiger partial charge in [0.25, 0.3) is 5.89 Å². The van der Waals surface area contributed by atoms with Gasteiger partial charge in [0.05, 0.1) is 5.69 Å². The quantitative estimate of drug-likeness (QED) is 0.637. The first-order valence-electron chi connectivity index (χ1n) is 10.2. The van der Waals surface area contributed by atoms with Crippen LogP contribution in [-0.2, 0) is 11.2 Å². The number of carbonyl (C=O) groups is 1. The average molecular weight is 428 g/mol. The van der Waals surface area contributed by atoms with Crippen LogP contribution in [0.4, 0.5) is 10.9 Å². The fourth-order valence-corrected chi connectivity index (χ4v) is 4.20. The maximum absolute atomic E-state index is 12.6. The van der Waals surface area contributed by atoms with Crippen molar-refractivity contribution in [1.29, 1.82) is 0 Å². The molecule has 9 nitrogen and oxygen atoms in total. The summed E-state index contributed by atoms with van der Waals surface area (Å²) in [6, 6.07) is 0. The summed E-state index contributed by atoms with van der Waals surface area (Å²) in [4.78, 5) is 32.6. The molecule has 3 aromatic rings. The van der Waals surface area contributed by atoms with Crippen molar-refractivity contribution in [2.24, 2.45) is 5.92 Å². The van der Waals surface area contributed by atoms with Gasteiger partial charge in [-0.3, -0.25) is 4.79 Å². The number of thiazole rings is 1. The number of rotatable bonds is 6. The molecule has 30 heavy (non-hydrogen) atoms. The molecule has 0 radical (unpaired) electrons. The topological polar surface area (TPSA) is 110 Å². The van der Waals surface area contributed by atoms with Crippen LogP contribution < -0.4 is 10.2 Å². The lowest BCUT2D eigenvalue weighted by molar-refractivity contribution is -0.120. The SMILES string of the molecule is CCCc1noc(-c2cnc(C)nc2N2CCC(C(=O)Nc3nc(C)cs3)CC2)n1. The average Bonchev–Trinajstić information content (AvgIpc) is 3.37. The fourth-order valence-electron chi connectivity index (χ4n) is 3.51. The molecule has 1 aliphatic heterocycles. The van der Waals surface area contributed by atoms with Gasteiger partial charge in [0.2, 0.25) is 5.91 Å². The monoisotopic (exact) mass is 427 g/mol. The highest BCUT2D eigenvalue weighted by molar-refractivity contribution is 7.13. The molecule has 1 amide bonds. The van der Waals surface area contributed by atoms with E-state index < -0.39 is 0 Å². The van der Waals surface area contributed by atoms with Gasteiger partial charge in [-0.05, 0) is 33.1 Å². The van der Waals surface area contributed by atoms with Crippen LogP contribution in [0.1, 0.15) is 43.5 Å². The summed E-state index contributed by atoms with van der Waals surface area (Å²) >= 11 is 1.45. The number of aryl methyl sites for hydroxylation is 3. The van der Waals surface area contributed by atoms with Crippen LogP contribution >= 0.6 is 11.3 Å². The van der Waals surface area contributed by atoms with Gasteiger partial charge in [-0.25, -0.2) is 15.0 Å². The minimum Gasteiger partial charge on any atom is -0.356 e. The van der Waals surface area contributed by atoms with Crippen LogP contribution in [0.2, 0.25) is 0 Å². The molecule has 1 fully saturated rings. The summed E-state index contributed by atoms with van der Waals surface area (Å²) in [6.07, 6.45) is 4.94. The van der Waals surface area contributed by atoms with E-state index in [2.05, 4.69) is 42.2 Å². The Hall–Kier alpha value is -2.88. The maximum Gasteiger partial charge on any atom is 0.263 e. The summed E-state index contributed by atoms with van der Waals surface area (Å²) in [5.74, 6) is 2.57. The van der Waals surface area contributed by atoms with Crippen molar-refractivity contribution in [1.82, 2.24) is 25.1 Å². The van der Waals surface area contributed by atoms with Gasteiger partial charge in [0.15, 0.2) is 11.0 Å². The molecule has 158 valence electrons. The number of amides is 1. The number of hydrogen-bond acceptors (Lipinski definition) is 9. The van der Waals surface area contributed by atoms with E-state index in [0.29, 0.717) is 35.8 Å². The third kappa shape index (κ3) is 4.48. The molecule has 4 heterocycles. The van der Waals surface area contributed by atoms with Crippen molar-refractivity contribution in [3.8, 4) is 11.5 Å². The van der Waals surface area contributed by atoms with Crippen LogP contribution in [0, 0.1) is 19.8 Å². The summed E-state index contributed by atoms with van der Waals surface area (Å²) in [5.41, 5.74) is 1.65. The van der Waals surface area contributed by atoms with Crippen LogP contribution in [0.25, 0.3) is 11.5 Å². The van der Waals surface area contributed by atoms with Crippen LogP contribution in [0.15, 0.2) is 16.1 Å². The van der Waals surface area contributed by atoms with Crippen molar-refractivity contribution in [3.05, 3.63) is 28.9 Å². The largest absolute Gasteiger partial charge is 0.356 e. The molecule has 1 aliphatic rings. The molecule has 0 unspecified atom stereocenters. The van der Waals surface area contributed by atoms with Gasteiger partial charge in [0, 0.05) is 37.0 Å². The van der Waals surface area contributed by atoms with E-state index in [1.807, 2.05) is 19.2 Å². The number of carbonyl (C=O) groups excluding carboxylic acids is 1. The zero-order chi connectivity index (χ0) is 21.1. The smallest absolute Gasteiger partial charge is 0.263 e. The normalized spacial score (nSPS) is 14.8. The third-order valence-electron chi connectivity index (χ3n) is 5.08. The van der Waals surface area contributed by atoms with Gasteiger partial charge in [-0.2, -0.15) is 4.98 Å². The highest BCUT2D eigenvalue weighted by atomic mass is 32.1. The Kier molecular flexibility index (Phi) is 6.03. The number of nitrogens with zero attached hydrogens (tertiary/aromatic N) is 6. The number of nitrogens with one attached hydrogen (secondary N) is 1. The predicted octanol–water partition coefficient (Wildman–Crippen LogP) is 3.41. The zero-order valence-electron chi connectivity index (χ0n) is 17.4. The Balaban J connectivity index is 1.46. The van der Waals surface area contributed by atoms with Crippen molar-refractivity contribution < 1.29 is 9.32 Å². The molecule has 4 rings (SSSR count). The minimum absolute atomic E-state index is 0.0317. The molecule has 0 atom stereocenters. The van der Waals surface area contributed by atoms with Crippen molar-refractivity contribution >= 4 is 28.2 Å². The Morgan fingerprint density at radius 3 is 2.77 bits per heavy atom. The second kappa shape index (κ2) is 8.86. The summed E-state index contributed by atoms with van der Waals surface area (Å²) < 4.78 is 5.46. The number of aromatic nitrogens is 5. The van der Waals surface area contributed by atoms with Crippen molar-refractivity contribution in [2.45, 2.75) is 46.5 Å². The Bertz CT molecular complexity index is 1020. The van der Waals surface area contributed by atoms with E-state index in [1.54, 1.807) is 6.20 Å². The van der Waals surface area contributed by atoms with Crippen molar-refractivity contribution in [3.63, 3.8) is 0 Å². The Morgan fingerprint density at radius 2 is 2.07 bits per heavy atom. The molecular weight excluding hydrogens is 402 g/mol. The molecule has 1 saturated heterocycles. The standard InChI is InChI=1S/C20H25N7O2S/c1-4-5-16-24-19(29-26-16)15-10-21-13(3)23-17(15)27-8-6-14(7-9-27)18(28)25-20-22-12(2)11-30-20/h10-11,14H,4-9H2,1-3H3,(H,22,25,28). The van der Waals surface area contributed by atoms with Gasteiger partial charge in [-0.15, -0.1) is 11.3 Å². The van der Waals surface area contributed by atoms with E-state index in [9.17, 15) is 4.79 Å². The summed E-state index contributed by atoms with van der Waals surface area (Å²) in [5, 5.41) is 9.58. The lowest BCUT2D eigenvalue weighted by Gasteiger charge is -2.32. The van der Waals surface area contributed by atoms with Gasteiger partial charge < -0.3 is 14.7 Å². The van der Waals surface area contributed by atoms with E-state index in [0.717, 1.165) is 42.8 Å². The molecule has 0 aromatic carbocycles. The Morgan fingerprint density at radius 1 is 1.27 bits per heavy atom. The lowest BCUT2D eigenvalue weighted by Crippen LogP contribution is -2.39. The lowest BCUT2D eigenvalue weighted by atomic mass is 9.95. The molecule has 0 aliphatic carbocycles. The van der Waals surface area contributed by atoms with Crippen molar-refractivity contribution in [2.75, 3.05) is 23.3 Å². The summed E-state index contributed by atoms with van der Waals surface area (Å²) in [7, 11) is 0. The molecule has 0 saturated carbocycles. The van der Waals surface area contributed by atoms with E-state index in [4.69, 9.17) is 4.52 Å². The zero-order valence-corrected chi connectivity index (χ0v) is 18.2. The highest BCUT2D eigenvalue weighted by Crippen LogP contribution is 2.31. The Labute approximate surface area is 179 Å². The molecule has 1 N–H and O–H groups in total. The van der Waals surface area contributed by atoms with Gasteiger partial charge in [-0.1, -0.05) is 12.1 Å². The van der Waals surface area contributed by atoms with E-state index >= 15 is 0 Å². The van der Waals surface area contributed by atoms with Crippen LogP contribution in [0.5, 0.6) is 0 Å². The number of hydrogen-bond donors (Lipinski definition) is 1. The van der Waals surface area contributed by atoms with Gasteiger partial charge >= 0.3 is 0 Å². The molecule has 3 aromatic heterocycles. The molecule has 0 bridgehead atoms. The van der Waals surface area contributed by atoms with Gasteiger partial charge in [0.1, 0.15) is 17.2 Å². The predicted molar refractivity (Wildman–Crippen MR) is 114 cm³/mol. The molecule has 0 spiro atoms. The van der Waals surface area contributed by atoms with Crippen LogP contribution in [0.3, 0.4) is 0 Å². The highest BCUT2D eigenvalue weighted by Gasteiger charge is 2.28. The van der Waals surface area contributed by atoms with Crippen LogP contribution in [-0.4, -0.2) is 44.1 Å². The maximum atomic E-state index is 12.6. The second-order valence-corrected chi connectivity index (χ2v) is 8.32. The first-order chi connectivity index (χ1) is 14.5. The van der Waals surface area contributed by atoms with E-state index in [1.165, 1.54) is 11.3 Å². The molecular formula is C20H25N7O2S. The fraction of sp³-hybridized carbons (Fsp3) is 0.500. The molecule has 10 heteroatoms. The third-order valence-corrected chi connectivity index (χ3v) is 5.95. The summed E-state index contributed by atoms with van der Waals surface area (Å²) in [6.45, 7) is 7.29.